The predicted octanol–water partition coefficient (Wildman–Crippen LogP) is 2.44. The summed E-state index contributed by atoms with van der Waals surface area (Å²) in [7, 11) is 0. The topological polar surface area (TPSA) is 55.1 Å². The van der Waals surface area contributed by atoms with Crippen LogP contribution in [-0.4, -0.2) is 11.4 Å². The van der Waals surface area contributed by atoms with Gasteiger partial charge in [-0.05, 0) is 38.8 Å². The van der Waals surface area contributed by atoms with Crippen molar-refractivity contribution in [3.63, 3.8) is 0 Å². The maximum atomic E-state index is 11.6. The van der Waals surface area contributed by atoms with Gasteiger partial charge in [0.15, 0.2) is 0 Å². The van der Waals surface area contributed by atoms with Crippen LogP contribution in [0.15, 0.2) is 12.1 Å². The fraction of sp³-hybridized carbons (Fsp3) is 0.615. The van der Waals surface area contributed by atoms with Gasteiger partial charge in [-0.3, -0.25) is 4.79 Å². The molecule has 3 N–H and O–H groups in total. The average molecular weight is 254 g/mol. The number of carbonyl (C=O) groups excluding carboxylic acids is 1. The van der Waals surface area contributed by atoms with E-state index >= 15 is 0 Å². The molecular formula is C13H22N2OS. The molecule has 0 aromatic carbocycles. The second-order valence-corrected chi connectivity index (χ2v) is 6.24. The largest absolute Gasteiger partial charge is 0.351 e. The van der Waals surface area contributed by atoms with Gasteiger partial charge in [-0.1, -0.05) is 6.92 Å². The Bertz CT molecular complexity index is 366. The van der Waals surface area contributed by atoms with Gasteiger partial charge in [0.25, 0.3) is 0 Å². The van der Waals surface area contributed by atoms with Crippen LogP contribution >= 0.6 is 11.3 Å². The molecule has 0 saturated carbocycles. The van der Waals surface area contributed by atoms with Gasteiger partial charge >= 0.3 is 0 Å². The van der Waals surface area contributed by atoms with E-state index in [9.17, 15) is 4.79 Å². The molecule has 0 unspecified atom stereocenters. The van der Waals surface area contributed by atoms with E-state index < -0.39 is 0 Å². The number of hydrogen-bond acceptors (Lipinski definition) is 3. The van der Waals surface area contributed by atoms with Crippen LogP contribution in [0.25, 0.3) is 0 Å². The predicted molar refractivity (Wildman–Crippen MR) is 73.0 cm³/mol. The number of rotatable bonds is 6. The minimum absolute atomic E-state index is 0.0787. The van der Waals surface area contributed by atoms with Crippen molar-refractivity contribution < 1.29 is 4.79 Å². The van der Waals surface area contributed by atoms with Crippen molar-refractivity contribution in [3.8, 4) is 0 Å². The standard InChI is InChI=1S/C13H22N2OS/c1-4-10-5-6-11(17-10)9-15-12(16)7-8-13(2,3)14/h5-6H,4,7-9,14H2,1-3H3,(H,15,16). The van der Waals surface area contributed by atoms with Crippen LogP contribution in [-0.2, 0) is 17.8 Å². The summed E-state index contributed by atoms with van der Waals surface area (Å²) < 4.78 is 0. The van der Waals surface area contributed by atoms with E-state index in [-0.39, 0.29) is 11.4 Å². The van der Waals surface area contributed by atoms with Crippen LogP contribution in [0, 0.1) is 0 Å². The van der Waals surface area contributed by atoms with Crippen molar-refractivity contribution in [2.24, 2.45) is 5.73 Å². The maximum absolute atomic E-state index is 11.6. The van der Waals surface area contributed by atoms with E-state index in [1.165, 1.54) is 9.75 Å². The number of carbonyl (C=O) groups is 1. The lowest BCUT2D eigenvalue weighted by Crippen LogP contribution is -2.34. The van der Waals surface area contributed by atoms with Crippen molar-refractivity contribution in [3.05, 3.63) is 21.9 Å². The molecular weight excluding hydrogens is 232 g/mol. The highest BCUT2D eigenvalue weighted by Gasteiger charge is 2.13. The normalized spacial score (nSPS) is 11.5. The van der Waals surface area contributed by atoms with Crippen LogP contribution < -0.4 is 11.1 Å². The summed E-state index contributed by atoms with van der Waals surface area (Å²) in [5.41, 5.74) is 5.57. The number of thiophene rings is 1. The zero-order valence-corrected chi connectivity index (χ0v) is 11.7. The summed E-state index contributed by atoms with van der Waals surface area (Å²) in [6, 6.07) is 4.20. The summed E-state index contributed by atoms with van der Waals surface area (Å²) in [6.45, 7) is 6.65. The third kappa shape index (κ3) is 5.84. The fourth-order valence-electron chi connectivity index (χ4n) is 1.42. The molecule has 0 aliphatic rings. The van der Waals surface area contributed by atoms with Gasteiger partial charge in [-0.15, -0.1) is 11.3 Å². The Morgan fingerprint density at radius 2 is 2.06 bits per heavy atom. The molecule has 3 nitrogen and oxygen atoms in total. The Morgan fingerprint density at radius 1 is 1.41 bits per heavy atom. The number of aryl methyl sites for hydroxylation is 1. The van der Waals surface area contributed by atoms with Crippen LogP contribution in [0.1, 0.15) is 43.4 Å². The SMILES string of the molecule is CCc1ccc(CNC(=O)CCC(C)(C)N)s1. The third-order valence-electron chi connectivity index (χ3n) is 2.52. The van der Waals surface area contributed by atoms with Crippen molar-refractivity contribution in [1.29, 1.82) is 0 Å². The Labute approximate surface area is 107 Å². The molecule has 0 fully saturated rings. The number of nitrogens with one attached hydrogen (secondary N) is 1. The first-order valence-electron chi connectivity index (χ1n) is 6.04. The van der Waals surface area contributed by atoms with Gasteiger partial charge in [0.05, 0.1) is 6.54 Å². The maximum Gasteiger partial charge on any atom is 0.220 e. The van der Waals surface area contributed by atoms with Gasteiger partial charge < -0.3 is 11.1 Å². The van der Waals surface area contributed by atoms with Crippen molar-refractivity contribution >= 4 is 17.2 Å². The molecule has 96 valence electrons. The lowest BCUT2D eigenvalue weighted by Gasteiger charge is -2.17. The van der Waals surface area contributed by atoms with Gasteiger partial charge in [-0.25, -0.2) is 0 Å². The smallest absolute Gasteiger partial charge is 0.220 e. The van der Waals surface area contributed by atoms with E-state index in [1.54, 1.807) is 11.3 Å². The minimum Gasteiger partial charge on any atom is -0.351 e. The van der Waals surface area contributed by atoms with Crippen molar-refractivity contribution in [1.82, 2.24) is 5.32 Å². The highest BCUT2D eigenvalue weighted by Crippen LogP contribution is 2.16. The molecule has 17 heavy (non-hydrogen) atoms. The molecule has 1 amide bonds. The molecule has 0 aliphatic carbocycles. The average Bonchev–Trinajstić information content (AvgIpc) is 2.70. The number of amides is 1. The molecule has 0 saturated heterocycles. The summed E-state index contributed by atoms with van der Waals surface area (Å²) in [5.74, 6) is 0.0787. The summed E-state index contributed by atoms with van der Waals surface area (Å²) in [4.78, 5) is 14.1. The van der Waals surface area contributed by atoms with Crippen LogP contribution in [0.5, 0.6) is 0 Å². The van der Waals surface area contributed by atoms with E-state index in [0.717, 1.165) is 6.42 Å². The van der Waals surface area contributed by atoms with E-state index in [1.807, 2.05) is 13.8 Å². The highest BCUT2D eigenvalue weighted by atomic mass is 32.1. The zero-order valence-electron chi connectivity index (χ0n) is 10.9. The second-order valence-electron chi connectivity index (χ2n) is 4.99. The second kappa shape index (κ2) is 6.17. The molecule has 1 aromatic rings. The Balaban J connectivity index is 2.28. The van der Waals surface area contributed by atoms with Crippen molar-refractivity contribution in [2.45, 2.75) is 52.1 Å². The van der Waals surface area contributed by atoms with E-state index in [2.05, 4.69) is 24.4 Å². The van der Waals surface area contributed by atoms with Gasteiger partial charge in [0.2, 0.25) is 5.91 Å². The molecule has 1 aromatic heterocycles. The first kappa shape index (κ1) is 14.2. The Hall–Kier alpha value is -0.870. The lowest BCUT2D eigenvalue weighted by atomic mass is 10.00. The monoisotopic (exact) mass is 254 g/mol. The summed E-state index contributed by atoms with van der Waals surface area (Å²) >= 11 is 1.76. The minimum atomic E-state index is -0.268. The lowest BCUT2D eigenvalue weighted by molar-refractivity contribution is -0.121. The third-order valence-corrected chi connectivity index (χ3v) is 3.75. The fourth-order valence-corrected chi connectivity index (χ4v) is 2.31. The number of hydrogen-bond donors (Lipinski definition) is 2. The molecule has 1 rings (SSSR count). The molecule has 0 radical (unpaired) electrons. The van der Waals surface area contributed by atoms with E-state index in [0.29, 0.717) is 19.4 Å². The van der Waals surface area contributed by atoms with Crippen LogP contribution in [0.4, 0.5) is 0 Å². The quantitative estimate of drug-likeness (QED) is 0.819. The van der Waals surface area contributed by atoms with Crippen LogP contribution in [0.3, 0.4) is 0 Å². The first-order chi connectivity index (χ1) is 7.90. The summed E-state index contributed by atoms with van der Waals surface area (Å²) in [5, 5.41) is 2.92. The molecule has 4 heteroatoms. The van der Waals surface area contributed by atoms with Gasteiger partial charge in [0.1, 0.15) is 0 Å². The van der Waals surface area contributed by atoms with Crippen molar-refractivity contribution in [2.75, 3.05) is 0 Å². The zero-order chi connectivity index (χ0) is 12.9. The molecule has 1 heterocycles. The molecule has 0 atom stereocenters. The highest BCUT2D eigenvalue weighted by molar-refractivity contribution is 7.11. The van der Waals surface area contributed by atoms with Gasteiger partial charge in [-0.2, -0.15) is 0 Å². The Kier molecular flexibility index (Phi) is 5.15. The van der Waals surface area contributed by atoms with E-state index in [4.69, 9.17) is 5.73 Å². The molecule has 0 bridgehead atoms. The Morgan fingerprint density at radius 3 is 2.59 bits per heavy atom. The molecule has 0 spiro atoms. The molecule has 0 aliphatic heterocycles. The number of nitrogens with two attached hydrogens (primary N) is 1. The van der Waals surface area contributed by atoms with Crippen LogP contribution in [0.2, 0.25) is 0 Å². The van der Waals surface area contributed by atoms with Gasteiger partial charge in [0, 0.05) is 21.7 Å². The first-order valence-corrected chi connectivity index (χ1v) is 6.85. The summed E-state index contributed by atoms with van der Waals surface area (Å²) in [6.07, 6.45) is 2.26.